The molecule has 0 saturated heterocycles. The summed E-state index contributed by atoms with van der Waals surface area (Å²) in [5.74, 6) is 0.613. The lowest BCUT2D eigenvalue weighted by molar-refractivity contribution is -0.0774. The molecule has 2 aromatic rings. The number of rotatable bonds is 5. The average molecular weight is 261 g/mol. The highest BCUT2D eigenvalue weighted by Gasteiger charge is 2.19. The third kappa shape index (κ3) is 3.14. The second-order valence-corrected chi connectivity index (χ2v) is 3.86. The first-order valence-electron chi connectivity index (χ1n) is 5.78. The number of ether oxygens (including phenoxy) is 1. The standard InChI is InChI=1S/C14H15NO4/c1-15(17-2)14(16)13-11(8-9-18-13)10-19-12-6-4-3-5-7-12/h3-9H,10H2,1-2H3. The van der Waals surface area contributed by atoms with Crippen molar-refractivity contribution >= 4 is 5.91 Å². The predicted molar refractivity (Wildman–Crippen MR) is 68.6 cm³/mol. The molecular weight excluding hydrogens is 246 g/mol. The molecule has 1 aromatic carbocycles. The van der Waals surface area contributed by atoms with Gasteiger partial charge in [0.25, 0.3) is 0 Å². The fourth-order valence-electron chi connectivity index (χ4n) is 1.54. The maximum absolute atomic E-state index is 11.9. The lowest BCUT2D eigenvalue weighted by Crippen LogP contribution is -2.26. The van der Waals surface area contributed by atoms with Crippen LogP contribution >= 0.6 is 0 Å². The van der Waals surface area contributed by atoms with Crippen LogP contribution in [0.4, 0.5) is 0 Å². The van der Waals surface area contributed by atoms with Gasteiger partial charge in [0.15, 0.2) is 5.76 Å². The van der Waals surface area contributed by atoms with Crippen LogP contribution in [0.2, 0.25) is 0 Å². The van der Waals surface area contributed by atoms with Crippen molar-refractivity contribution in [1.29, 1.82) is 0 Å². The molecule has 0 aliphatic heterocycles. The molecule has 1 amide bonds. The summed E-state index contributed by atoms with van der Waals surface area (Å²) in [7, 11) is 2.94. The molecule has 0 aliphatic carbocycles. The Morgan fingerprint density at radius 1 is 1.26 bits per heavy atom. The Morgan fingerprint density at radius 3 is 2.68 bits per heavy atom. The van der Waals surface area contributed by atoms with Gasteiger partial charge < -0.3 is 9.15 Å². The summed E-state index contributed by atoms with van der Waals surface area (Å²) in [4.78, 5) is 16.8. The van der Waals surface area contributed by atoms with Crippen molar-refractivity contribution in [2.24, 2.45) is 0 Å². The average Bonchev–Trinajstić information content (AvgIpc) is 2.93. The zero-order chi connectivity index (χ0) is 13.7. The topological polar surface area (TPSA) is 51.9 Å². The molecule has 0 radical (unpaired) electrons. The van der Waals surface area contributed by atoms with Crippen LogP contribution in [0.25, 0.3) is 0 Å². The van der Waals surface area contributed by atoms with Crippen LogP contribution in [-0.4, -0.2) is 25.1 Å². The van der Waals surface area contributed by atoms with Crippen molar-refractivity contribution in [3.8, 4) is 5.75 Å². The van der Waals surface area contributed by atoms with E-state index in [-0.39, 0.29) is 18.3 Å². The van der Waals surface area contributed by atoms with Crippen molar-refractivity contribution in [3.63, 3.8) is 0 Å². The lowest BCUT2D eigenvalue weighted by atomic mass is 10.2. The molecule has 1 heterocycles. The number of carbonyl (C=O) groups excluding carboxylic acids is 1. The van der Waals surface area contributed by atoms with Crippen molar-refractivity contribution in [1.82, 2.24) is 5.06 Å². The highest BCUT2D eigenvalue weighted by atomic mass is 16.7. The van der Waals surface area contributed by atoms with Crippen molar-refractivity contribution in [3.05, 3.63) is 54.0 Å². The molecule has 0 bridgehead atoms. The van der Waals surface area contributed by atoms with E-state index in [1.54, 1.807) is 6.07 Å². The number of hydroxylamine groups is 2. The third-order valence-corrected chi connectivity index (χ3v) is 2.64. The normalized spacial score (nSPS) is 10.2. The molecule has 0 saturated carbocycles. The molecule has 5 heteroatoms. The summed E-state index contributed by atoms with van der Waals surface area (Å²) in [5.41, 5.74) is 0.678. The predicted octanol–water partition coefficient (Wildman–Crippen LogP) is 2.49. The van der Waals surface area contributed by atoms with E-state index in [2.05, 4.69) is 0 Å². The zero-order valence-corrected chi connectivity index (χ0v) is 10.8. The summed E-state index contributed by atoms with van der Waals surface area (Å²) in [6.45, 7) is 0.263. The Balaban J connectivity index is 2.06. The van der Waals surface area contributed by atoms with Gasteiger partial charge in [0.1, 0.15) is 12.4 Å². The van der Waals surface area contributed by atoms with E-state index in [4.69, 9.17) is 14.0 Å². The Hall–Kier alpha value is -2.27. The molecule has 0 unspecified atom stereocenters. The van der Waals surface area contributed by atoms with Crippen molar-refractivity contribution in [2.75, 3.05) is 14.2 Å². The zero-order valence-electron chi connectivity index (χ0n) is 10.8. The quantitative estimate of drug-likeness (QED) is 0.776. The molecule has 0 fully saturated rings. The summed E-state index contributed by atoms with van der Waals surface area (Å²) in [6, 6.07) is 11.1. The molecule has 0 aliphatic rings. The van der Waals surface area contributed by atoms with Crippen LogP contribution in [0.3, 0.4) is 0 Å². The number of carbonyl (C=O) groups is 1. The van der Waals surface area contributed by atoms with Crippen molar-refractivity contribution in [2.45, 2.75) is 6.61 Å². The summed E-state index contributed by atoms with van der Waals surface area (Å²) < 4.78 is 10.8. The number of nitrogens with zero attached hydrogens (tertiary/aromatic N) is 1. The molecule has 100 valence electrons. The SMILES string of the molecule is CON(C)C(=O)c1occc1COc1ccccc1. The van der Waals surface area contributed by atoms with E-state index in [1.165, 1.54) is 20.4 Å². The summed E-state index contributed by atoms with van der Waals surface area (Å²) >= 11 is 0. The van der Waals surface area contributed by atoms with Gasteiger partial charge in [-0.25, -0.2) is 5.06 Å². The van der Waals surface area contributed by atoms with Gasteiger partial charge in [-0.2, -0.15) is 0 Å². The Labute approximate surface area is 111 Å². The Morgan fingerprint density at radius 2 is 2.00 bits per heavy atom. The van der Waals surface area contributed by atoms with E-state index in [1.807, 2.05) is 30.3 Å². The lowest BCUT2D eigenvalue weighted by Gasteiger charge is -2.13. The van der Waals surface area contributed by atoms with Gasteiger partial charge >= 0.3 is 5.91 Å². The van der Waals surface area contributed by atoms with Gasteiger partial charge in [0.05, 0.1) is 13.4 Å². The van der Waals surface area contributed by atoms with Crippen LogP contribution < -0.4 is 4.74 Å². The molecule has 0 atom stereocenters. The molecule has 1 aromatic heterocycles. The second kappa shape index (κ2) is 6.06. The first-order chi connectivity index (χ1) is 9.22. The Bertz CT molecular complexity index is 535. The minimum Gasteiger partial charge on any atom is -0.489 e. The van der Waals surface area contributed by atoms with E-state index in [9.17, 15) is 4.79 Å². The van der Waals surface area contributed by atoms with Crippen LogP contribution in [0, 0.1) is 0 Å². The number of hydrogen-bond acceptors (Lipinski definition) is 4. The van der Waals surface area contributed by atoms with Gasteiger partial charge in [0, 0.05) is 12.6 Å². The Kier molecular flexibility index (Phi) is 4.20. The van der Waals surface area contributed by atoms with Gasteiger partial charge in [-0.1, -0.05) is 18.2 Å². The van der Waals surface area contributed by atoms with E-state index in [0.717, 1.165) is 10.8 Å². The number of furan rings is 1. The number of hydrogen-bond donors (Lipinski definition) is 0. The van der Waals surface area contributed by atoms with E-state index < -0.39 is 0 Å². The molecular formula is C14H15NO4. The number of para-hydroxylation sites is 1. The summed E-state index contributed by atoms with van der Waals surface area (Å²) in [5, 5.41) is 1.10. The summed E-state index contributed by atoms with van der Waals surface area (Å²) in [6.07, 6.45) is 1.46. The fraction of sp³-hybridized carbons (Fsp3) is 0.214. The smallest absolute Gasteiger partial charge is 0.313 e. The molecule has 5 nitrogen and oxygen atoms in total. The molecule has 0 spiro atoms. The first-order valence-corrected chi connectivity index (χ1v) is 5.78. The largest absolute Gasteiger partial charge is 0.489 e. The van der Waals surface area contributed by atoms with Gasteiger partial charge in [0.2, 0.25) is 0 Å². The van der Waals surface area contributed by atoms with E-state index in [0.29, 0.717) is 5.56 Å². The second-order valence-electron chi connectivity index (χ2n) is 3.86. The van der Waals surface area contributed by atoms with Crippen molar-refractivity contribution < 1.29 is 18.8 Å². The van der Waals surface area contributed by atoms with Crippen LogP contribution in [0.5, 0.6) is 5.75 Å². The van der Waals surface area contributed by atoms with E-state index >= 15 is 0 Å². The number of amides is 1. The molecule has 19 heavy (non-hydrogen) atoms. The minimum absolute atomic E-state index is 0.222. The number of benzene rings is 1. The maximum atomic E-state index is 11.9. The van der Waals surface area contributed by atoms with Crippen LogP contribution in [-0.2, 0) is 11.4 Å². The third-order valence-electron chi connectivity index (χ3n) is 2.64. The van der Waals surface area contributed by atoms with Gasteiger partial charge in [-0.3, -0.25) is 9.63 Å². The first kappa shape index (κ1) is 13.2. The highest BCUT2D eigenvalue weighted by molar-refractivity contribution is 5.91. The van der Waals surface area contributed by atoms with Gasteiger partial charge in [-0.05, 0) is 18.2 Å². The monoisotopic (exact) mass is 261 g/mol. The van der Waals surface area contributed by atoms with Crippen LogP contribution in [0.15, 0.2) is 47.1 Å². The molecule has 0 N–H and O–H groups in total. The van der Waals surface area contributed by atoms with Gasteiger partial charge in [-0.15, -0.1) is 0 Å². The van der Waals surface area contributed by atoms with Crippen LogP contribution in [0.1, 0.15) is 16.1 Å². The fourth-order valence-corrected chi connectivity index (χ4v) is 1.54. The molecule has 2 rings (SSSR count). The highest BCUT2D eigenvalue weighted by Crippen LogP contribution is 2.17. The minimum atomic E-state index is -0.348. The maximum Gasteiger partial charge on any atom is 0.313 e.